The van der Waals surface area contributed by atoms with Crippen molar-refractivity contribution < 1.29 is 14.2 Å². The van der Waals surface area contributed by atoms with E-state index in [2.05, 4.69) is 13.8 Å². The summed E-state index contributed by atoms with van der Waals surface area (Å²) in [5, 5.41) is 0. The number of methoxy groups -OCH3 is 3. The number of benzene rings is 1. The van der Waals surface area contributed by atoms with Crippen molar-refractivity contribution in [2.24, 2.45) is 5.73 Å². The van der Waals surface area contributed by atoms with Crippen molar-refractivity contribution >= 4 is 0 Å². The number of hydrogen-bond acceptors (Lipinski definition) is 4. The molecule has 4 heteroatoms. The van der Waals surface area contributed by atoms with Crippen LogP contribution in [0, 0.1) is 0 Å². The van der Waals surface area contributed by atoms with Crippen molar-refractivity contribution in [1.82, 2.24) is 0 Å². The zero-order chi connectivity index (χ0) is 13.5. The molecule has 1 aromatic rings. The molecule has 0 saturated carbocycles. The third-order valence-corrected chi connectivity index (χ3v) is 3.67. The first kappa shape index (κ1) is 13.0. The van der Waals surface area contributed by atoms with Crippen molar-refractivity contribution in [2.75, 3.05) is 21.3 Å². The molecule has 1 unspecified atom stereocenters. The summed E-state index contributed by atoms with van der Waals surface area (Å²) in [6.45, 7) is 4.35. The van der Waals surface area contributed by atoms with E-state index < -0.39 is 0 Å². The predicted molar refractivity (Wildman–Crippen MR) is 70.7 cm³/mol. The Hall–Kier alpha value is -1.42. The van der Waals surface area contributed by atoms with E-state index in [1.807, 2.05) is 6.07 Å². The van der Waals surface area contributed by atoms with Crippen molar-refractivity contribution in [3.63, 3.8) is 0 Å². The summed E-state index contributed by atoms with van der Waals surface area (Å²) in [6, 6.07) is 1.99. The summed E-state index contributed by atoms with van der Waals surface area (Å²) in [4.78, 5) is 0. The summed E-state index contributed by atoms with van der Waals surface area (Å²) in [7, 11) is 4.89. The van der Waals surface area contributed by atoms with Gasteiger partial charge in [-0.2, -0.15) is 0 Å². The Balaban J connectivity index is 2.76. The molecule has 1 aliphatic rings. The van der Waals surface area contributed by atoms with Gasteiger partial charge >= 0.3 is 0 Å². The minimum absolute atomic E-state index is 0.0142. The highest BCUT2D eigenvalue weighted by molar-refractivity contribution is 5.63. The number of fused-ring (bicyclic) bond motifs is 1. The second-order valence-electron chi connectivity index (χ2n) is 5.30. The van der Waals surface area contributed by atoms with E-state index in [-0.39, 0.29) is 11.5 Å². The minimum Gasteiger partial charge on any atom is -0.493 e. The zero-order valence-electron chi connectivity index (χ0n) is 11.7. The number of rotatable bonds is 3. The Labute approximate surface area is 108 Å². The summed E-state index contributed by atoms with van der Waals surface area (Å²) in [6.07, 6.45) is 0.898. The van der Waals surface area contributed by atoms with Gasteiger partial charge in [-0.25, -0.2) is 0 Å². The molecule has 0 saturated heterocycles. The quantitative estimate of drug-likeness (QED) is 0.896. The Morgan fingerprint density at radius 2 is 1.72 bits per heavy atom. The van der Waals surface area contributed by atoms with Crippen LogP contribution in [0.1, 0.15) is 37.4 Å². The molecule has 0 heterocycles. The lowest BCUT2D eigenvalue weighted by atomic mass is 9.85. The third kappa shape index (κ3) is 1.72. The van der Waals surface area contributed by atoms with Crippen LogP contribution in [-0.4, -0.2) is 21.3 Å². The van der Waals surface area contributed by atoms with Crippen LogP contribution in [0.25, 0.3) is 0 Å². The first-order valence-electron chi connectivity index (χ1n) is 6.05. The van der Waals surface area contributed by atoms with E-state index >= 15 is 0 Å². The molecule has 18 heavy (non-hydrogen) atoms. The van der Waals surface area contributed by atoms with Crippen LogP contribution in [-0.2, 0) is 5.41 Å². The van der Waals surface area contributed by atoms with E-state index in [1.54, 1.807) is 21.3 Å². The van der Waals surface area contributed by atoms with Crippen molar-refractivity contribution in [2.45, 2.75) is 31.7 Å². The normalized spacial score (nSPS) is 20.4. The first-order chi connectivity index (χ1) is 8.46. The maximum Gasteiger partial charge on any atom is 0.203 e. The lowest BCUT2D eigenvalue weighted by Gasteiger charge is -2.23. The average Bonchev–Trinajstić information content (AvgIpc) is 2.57. The zero-order valence-corrected chi connectivity index (χ0v) is 11.7. The van der Waals surface area contributed by atoms with Crippen LogP contribution in [0.4, 0.5) is 0 Å². The Kier molecular flexibility index (Phi) is 3.15. The van der Waals surface area contributed by atoms with Crippen molar-refractivity contribution in [3.05, 3.63) is 17.2 Å². The number of nitrogens with two attached hydrogens (primary N) is 1. The maximum atomic E-state index is 6.21. The molecule has 0 bridgehead atoms. The molecule has 0 aromatic heterocycles. The van der Waals surface area contributed by atoms with Gasteiger partial charge < -0.3 is 19.9 Å². The fourth-order valence-corrected chi connectivity index (χ4v) is 2.93. The van der Waals surface area contributed by atoms with Gasteiger partial charge in [-0.05, 0) is 23.5 Å². The van der Waals surface area contributed by atoms with Crippen LogP contribution < -0.4 is 19.9 Å². The Morgan fingerprint density at radius 1 is 1.11 bits per heavy atom. The number of hydrogen-bond donors (Lipinski definition) is 1. The summed E-state index contributed by atoms with van der Waals surface area (Å²) >= 11 is 0. The predicted octanol–water partition coefficient (Wildman–Crippen LogP) is 2.39. The van der Waals surface area contributed by atoms with Gasteiger partial charge in [-0.1, -0.05) is 13.8 Å². The highest BCUT2D eigenvalue weighted by atomic mass is 16.5. The molecular formula is C14H21NO3. The van der Waals surface area contributed by atoms with Gasteiger partial charge in [0, 0.05) is 11.6 Å². The van der Waals surface area contributed by atoms with E-state index in [9.17, 15) is 0 Å². The first-order valence-corrected chi connectivity index (χ1v) is 6.05. The van der Waals surface area contributed by atoms with E-state index in [4.69, 9.17) is 19.9 Å². The van der Waals surface area contributed by atoms with Gasteiger partial charge in [0.25, 0.3) is 0 Å². The fourth-order valence-electron chi connectivity index (χ4n) is 2.93. The molecule has 4 nitrogen and oxygen atoms in total. The monoisotopic (exact) mass is 251 g/mol. The van der Waals surface area contributed by atoms with Gasteiger partial charge in [-0.15, -0.1) is 0 Å². The number of ether oxygens (including phenoxy) is 3. The van der Waals surface area contributed by atoms with Crippen LogP contribution in [0.15, 0.2) is 6.07 Å². The lowest BCUT2D eigenvalue weighted by molar-refractivity contribution is 0.318. The topological polar surface area (TPSA) is 53.7 Å². The standard InChI is InChI=1S/C14H21NO3/c1-14(2)7-9(15)8-6-10(16-3)12(17-4)13(18-5)11(8)14/h6,9H,7,15H2,1-5H3. The third-order valence-electron chi connectivity index (χ3n) is 3.67. The molecule has 0 fully saturated rings. The van der Waals surface area contributed by atoms with Gasteiger partial charge in [0.2, 0.25) is 5.75 Å². The van der Waals surface area contributed by atoms with Crippen molar-refractivity contribution in [3.8, 4) is 17.2 Å². The van der Waals surface area contributed by atoms with Crippen LogP contribution in [0.2, 0.25) is 0 Å². The van der Waals surface area contributed by atoms with E-state index in [0.29, 0.717) is 11.5 Å². The molecule has 0 radical (unpaired) electrons. The molecule has 1 aliphatic carbocycles. The van der Waals surface area contributed by atoms with Crippen LogP contribution >= 0.6 is 0 Å². The molecular weight excluding hydrogens is 230 g/mol. The Morgan fingerprint density at radius 3 is 2.22 bits per heavy atom. The molecule has 1 aromatic carbocycles. The van der Waals surface area contributed by atoms with Gasteiger partial charge in [0.15, 0.2) is 11.5 Å². The van der Waals surface area contributed by atoms with Crippen LogP contribution in [0.3, 0.4) is 0 Å². The largest absolute Gasteiger partial charge is 0.493 e. The van der Waals surface area contributed by atoms with Gasteiger partial charge in [-0.3, -0.25) is 0 Å². The Bertz CT molecular complexity index is 469. The summed E-state index contributed by atoms with van der Waals surface area (Å²) in [5.41, 5.74) is 8.42. The highest BCUT2D eigenvalue weighted by Gasteiger charge is 2.40. The average molecular weight is 251 g/mol. The molecule has 1 atom stereocenters. The second-order valence-corrected chi connectivity index (χ2v) is 5.30. The van der Waals surface area contributed by atoms with Crippen molar-refractivity contribution in [1.29, 1.82) is 0 Å². The van der Waals surface area contributed by atoms with Gasteiger partial charge in [0.05, 0.1) is 21.3 Å². The highest BCUT2D eigenvalue weighted by Crippen LogP contribution is 2.54. The lowest BCUT2D eigenvalue weighted by Crippen LogP contribution is -2.15. The molecule has 2 rings (SSSR count). The van der Waals surface area contributed by atoms with Crippen LogP contribution in [0.5, 0.6) is 17.2 Å². The van der Waals surface area contributed by atoms with Gasteiger partial charge in [0.1, 0.15) is 0 Å². The maximum absolute atomic E-state index is 6.21. The summed E-state index contributed by atoms with van der Waals surface area (Å²) in [5.74, 6) is 2.05. The van der Waals surface area contributed by atoms with E-state index in [0.717, 1.165) is 23.3 Å². The molecule has 0 spiro atoms. The molecule has 2 N–H and O–H groups in total. The molecule has 0 aliphatic heterocycles. The summed E-state index contributed by atoms with van der Waals surface area (Å²) < 4.78 is 16.3. The molecule has 0 amide bonds. The minimum atomic E-state index is -0.0142. The van der Waals surface area contributed by atoms with E-state index in [1.165, 1.54) is 0 Å². The molecule has 100 valence electrons. The SMILES string of the molecule is COc1cc2c(c(OC)c1OC)C(C)(C)CC2N. The fraction of sp³-hybridized carbons (Fsp3) is 0.571. The second kappa shape index (κ2) is 4.35. The smallest absolute Gasteiger partial charge is 0.203 e.